The molecule has 1 amide bonds. The highest BCUT2D eigenvalue weighted by Crippen LogP contribution is 2.55. The quantitative estimate of drug-likeness (QED) is 0.490. The van der Waals surface area contributed by atoms with Crippen molar-refractivity contribution < 1.29 is 44.4 Å². The Morgan fingerprint density at radius 2 is 2.00 bits per heavy atom. The predicted octanol–water partition coefficient (Wildman–Crippen LogP) is 4.12. The number of aromatic nitrogens is 2. The number of rotatable bonds is 7. The second-order valence-corrected chi connectivity index (χ2v) is 11.3. The number of nitrogens with zero attached hydrogens (tertiary/aromatic N) is 3. The monoisotopic (exact) mass is 537 g/mol. The number of alkyl halides is 5. The van der Waals surface area contributed by atoms with Gasteiger partial charge in [-0.2, -0.15) is 18.2 Å². The number of benzene rings is 1. The fourth-order valence-electron chi connectivity index (χ4n) is 4.19. The van der Waals surface area contributed by atoms with E-state index in [1.165, 1.54) is 4.90 Å². The molecule has 0 radical (unpaired) electrons. The molecule has 1 aromatic heterocycles. The first-order valence-electron chi connectivity index (χ1n) is 11.2. The number of sulfone groups is 1. The number of likely N-dealkylation sites (tertiary alicyclic amines) is 1. The number of carbonyl (C=O) groups is 1. The topological polar surface area (TPSA) is 103 Å². The summed E-state index contributed by atoms with van der Waals surface area (Å²) in [5.74, 6) is -5.19. The van der Waals surface area contributed by atoms with Crippen molar-refractivity contribution in [1.29, 1.82) is 0 Å². The Morgan fingerprint density at radius 3 is 2.56 bits per heavy atom. The van der Waals surface area contributed by atoms with Crippen LogP contribution in [0.1, 0.15) is 61.1 Å². The van der Waals surface area contributed by atoms with E-state index in [9.17, 15) is 35.2 Å². The molecule has 198 valence electrons. The van der Waals surface area contributed by atoms with Crippen LogP contribution in [0.2, 0.25) is 0 Å². The molecule has 1 aliphatic heterocycles. The molecule has 1 aliphatic carbocycles. The minimum Gasteiger partial charge on any atom is -0.480 e. The molecule has 1 saturated heterocycles. The molecule has 0 bridgehead atoms. The molecular weight excluding hydrogens is 513 g/mol. The SMILES string of the molecule is CCC1(c2noc(C3CC3(F)F)n2)CCN(C(=O)c2cc(S(C)(=O)=O)ccc2O[C@@H](C)C(F)(F)F)C1. The van der Waals surface area contributed by atoms with Crippen molar-refractivity contribution in [3.63, 3.8) is 0 Å². The third kappa shape index (κ3) is 4.91. The molecule has 3 atom stereocenters. The summed E-state index contributed by atoms with van der Waals surface area (Å²) in [6.45, 7) is 2.75. The summed E-state index contributed by atoms with van der Waals surface area (Å²) in [5.41, 5.74) is -1.16. The zero-order valence-electron chi connectivity index (χ0n) is 19.6. The second-order valence-electron chi connectivity index (χ2n) is 9.32. The highest BCUT2D eigenvalue weighted by Gasteiger charge is 2.61. The zero-order chi connectivity index (χ0) is 26.7. The van der Waals surface area contributed by atoms with Crippen molar-refractivity contribution in [2.24, 2.45) is 0 Å². The first kappa shape index (κ1) is 26.3. The maximum atomic E-state index is 13.4. The number of hydrogen-bond donors (Lipinski definition) is 0. The van der Waals surface area contributed by atoms with E-state index < -0.39 is 51.0 Å². The van der Waals surface area contributed by atoms with Crippen LogP contribution in [-0.2, 0) is 15.3 Å². The zero-order valence-corrected chi connectivity index (χ0v) is 20.4. The van der Waals surface area contributed by atoms with E-state index in [1.807, 2.05) is 0 Å². The minimum absolute atomic E-state index is 0.0275. The van der Waals surface area contributed by atoms with E-state index in [0.29, 0.717) is 12.8 Å². The number of hydrogen-bond acceptors (Lipinski definition) is 7. The molecule has 1 aromatic carbocycles. The summed E-state index contributed by atoms with van der Waals surface area (Å²) in [4.78, 5) is 18.7. The fraction of sp³-hybridized carbons (Fsp3) is 0.591. The van der Waals surface area contributed by atoms with Gasteiger partial charge in [0, 0.05) is 25.8 Å². The lowest BCUT2D eigenvalue weighted by atomic mass is 9.83. The summed E-state index contributed by atoms with van der Waals surface area (Å²) < 4.78 is 100. The number of ether oxygens (including phenoxy) is 1. The van der Waals surface area contributed by atoms with Gasteiger partial charge in [0.2, 0.25) is 5.89 Å². The second kappa shape index (κ2) is 8.67. The molecule has 2 unspecified atom stereocenters. The van der Waals surface area contributed by atoms with Crippen molar-refractivity contribution in [3.8, 4) is 5.75 Å². The van der Waals surface area contributed by atoms with Gasteiger partial charge in [-0.1, -0.05) is 12.1 Å². The van der Waals surface area contributed by atoms with Gasteiger partial charge in [0.15, 0.2) is 21.8 Å². The Labute approximate surface area is 203 Å². The minimum atomic E-state index is -4.71. The molecule has 2 heterocycles. The van der Waals surface area contributed by atoms with Gasteiger partial charge in [-0.25, -0.2) is 17.2 Å². The van der Waals surface area contributed by atoms with E-state index in [0.717, 1.165) is 31.4 Å². The molecule has 14 heteroatoms. The van der Waals surface area contributed by atoms with Gasteiger partial charge in [-0.3, -0.25) is 4.79 Å². The first-order chi connectivity index (χ1) is 16.6. The molecule has 4 rings (SSSR count). The largest absolute Gasteiger partial charge is 0.480 e. The third-order valence-corrected chi connectivity index (χ3v) is 7.84. The standard InChI is InChI=1S/C22H24F5N3O5S/c1-4-20(19-28-17(35-29-19)15-10-21(15,23)24)7-8-30(11-20)18(31)14-9-13(36(3,32)33)5-6-16(14)34-12(2)22(25,26)27/h5-6,9,12,15H,4,7-8,10-11H2,1-3H3/t12-,15?,20?/m0/s1. The van der Waals surface area contributed by atoms with Crippen LogP contribution in [0.3, 0.4) is 0 Å². The molecule has 2 aliphatic rings. The van der Waals surface area contributed by atoms with Gasteiger partial charge in [0.25, 0.3) is 11.8 Å². The highest BCUT2D eigenvalue weighted by atomic mass is 32.2. The summed E-state index contributed by atoms with van der Waals surface area (Å²) in [5, 5.41) is 3.88. The van der Waals surface area contributed by atoms with Crippen LogP contribution in [0, 0.1) is 0 Å². The van der Waals surface area contributed by atoms with Crippen LogP contribution in [0.5, 0.6) is 5.75 Å². The first-order valence-corrected chi connectivity index (χ1v) is 13.1. The number of carbonyl (C=O) groups excluding carboxylic acids is 1. The molecule has 0 N–H and O–H groups in total. The van der Waals surface area contributed by atoms with Gasteiger partial charge < -0.3 is 14.2 Å². The smallest absolute Gasteiger partial charge is 0.425 e. The Kier molecular flexibility index (Phi) is 6.33. The normalized spacial score (nSPS) is 24.6. The molecule has 0 spiro atoms. The Morgan fingerprint density at radius 1 is 1.33 bits per heavy atom. The summed E-state index contributed by atoms with van der Waals surface area (Å²) in [6, 6.07) is 3.08. The molecule has 2 aromatic rings. The van der Waals surface area contributed by atoms with Crippen LogP contribution in [0.15, 0.2) is 27.6 Å². The van der Waals surface area contributed by atoms with E-state index >= 15 is 0 Å². The Balaban J connectivity index is 1.63. The van der Waals surface area contributed by atoms with Crippen molar-refractivity contribution >= 4 is 15.7 Å². The van der Waals surface area contributed by atoms with Crippen molar-refractivity contribution in [3.05, 3.63) is 35.5 Å². The highest BCUT2D eigenvalue weighted by molar-refractivity contribution is 7.90. The van der Waals surface area contributed by atoms with E-state index in [4.69, 9.17) is 9.26 Å². The van der Waals surface area contributed by atoms with Crippen LogP contribution >= 0.6 is 0 Å². The maximum absolute atomic E-state index is 13.4. The van der Waals surface area contributed by atoms with Gasteiger partial charge in [0.05, 0.1) is 15.9 Å². The van der Waals surface area contributed by atoms with Gasteiger partial charge >= 0.3 is 6.18 Å². The van der Waals surface area contributed by atoms with Gasteiger partial charge in [0.1, 0.15) is 11.7 Å². The number of amides is 1. The van der Waals surface area contributed by atoms with E-state index in [-0.39, 0.29) is 41.7 Å². The van der Waals surface area contributed by atoms with Crippen molar-refractivity contribution in [2.45, 2.75) is 67.5 Å². The lowest BCUT2D eigenvalue weighted by molar-refractivity contribution is -0.189. The van der Waals surface area contributed by atoms with Gasteiger partial charge in [-0.15, -0.1) is 0 Å². The maximum Gasteiger partial charge on any atom is 0.425 e. The summed E-state index contributed by atoms with van der Waals surface area (Å²) in [7, 11) is -3.78. The fourth-order valence-corrected chi connectivity index (χ4v) is 4.83. The molecule has 2 fully saturated rings. The van der Waals surface area contributed by atoms with Crippen LogP contribution in [0.25, 0.3) is 0 Å². The Hall–Kier alpha value is -2.77. The average Bonchev–Trinajstić information content (AvgIpc) is 3.17. The van der Waals surface area contributed by atoms with Gasteiger partial charge in [-0.05, 0) is 38.0 Å². The molecule has 36 heavy (non-hydrogen) atoms. The van der Waals surface area contributed by atoms with Crippen LogP contribution < -0.4 is 4.74 Å². The lowest BCUT2D eigenvalue weighted by Crippen LogP contribution is -2.36. The Bertz CT molecular complexity index is 1280. The van der Waals surface area contributed by atoms with E-state index in [1.54, 1.807) is 6.92 Å². The van der Waals surface area contributed by atoms with E-state index in [2.05, 4.69) is 10.1 Å². The molecule has 8 nitrogen and oxygen atoms in total. The molecule has 1 saturated carbocycles. The average molecular weight is 538 g/mol. The molecular formula is C22H24F5N3O5S. The van der Waals surface area contributed by atoms with Crippen molar-refractivity contribution in [2.75, 3.05) is 19.3 Å². The van der Waals surface area contributed by atoms with Crippen molar-refractivity contribution in [1.82, 2.24) is 15.0 Å². The summed E-state index contributed by atoms with van der Waals surface area (Å²) in [6.07, 6.45) is -5.67. The number of halogens is 5. The van der Waals surface area contributed by atoms with Crippen LogP contribution in [0.4, 0.5) is 22.0 Å². The third-order valence-electron chi connectivity index (χ3n) is 6.73. The predicted molar refractivity (Wildman–Crippen MR) is 115 cm³/mol. The van der Waals surface area contributed by atoms with Crippen LogP contribution in [-0.4, -0.2) is 66.9 Å². The lowest BCUT2D eigenvalue weighted by Gasteiger charge is -2.25. The summed E-state index contributed by atoms with van der Waals surface area (Å²) >= 11 is 0.